The number of benzene rings is 1. The topological polar surface area (TPSA) is 80.3 Å². The van der Waals surface area contributed by atoms with Crippen molar-refractivity contribution in [2.75, 3.05) is 18.5 Å². The van der Waals surface area contributed by atoms with Crippen molar-refractivity contribution in [1.29, 1.82) is 0 Å². The Bertz CT molecular complexity index is 703. The van der Waals surface area contributed by atoms with Crippen LogP contribution in [0.25, 0.3) is 0 Å². The van der Waals surface area contributed by atoms with Crippen LogP contribution in [0.4, 0.5) is 5.82 Å². The number of carbonyl (C=O) groups excluding carboxylic acids is 2. The highest BCUT2D eigenvalue weighted by Crippen LogP contribution is 2.26. The van der Waals surface area contributed by atoms with Gasteiger partial charge in [0.05, 0.1) is 6.61 Å². The Morgan fingerprint density at radius 2 is 1.96 bits per heavy atom. The van der Waals surface area contributed by atoms with Crippen molar-refractivity contribution in [2.24, 2.45) is 0 Å². The lowest BCUT2D eigenvalue weighted by molar-refractivity contribution is -0.136. The standard InChI is InChI=1S/C17H17N3O3/c21-16(17(22)20-15-7-3-4-9-18-15)19-11-14-13-6-2-1-5-12(13)8-10-23-14/h1-7,9,14H,8,10-11H2,(H,19,21)(H,18,20,22)/t14-/m1/s1. The van der Waals surface area contributed by atoms with E-state index in [1.54, 1.807) is 24.4 Å². The van der Waals surface area contributed by atoms with Gasteiger partial charge in [0.25, 0.3) is 0 Å². The van der Waals surface area contributed by atoms with Crippen molar-refractivity contribution in [3.63, 3.8) is 0 Å². The monoisotopic (exact) mass is 311 g/mol. The lowest BCUT2D eigenvalue weighted by Crippen LogP contribution is -2.39. The van der Waals surface area contributed by atoms with Gasteiger partial charge >= 0.3 is 11.8 Å². The molecule has 0 aliphatic carbocycles. The zero-order chi connectivity index (χ0) is 16.1. The van der Waals surface area contributed by atoms with Crippen molar-refractivity contribution in [3.8, 4) is 0 Å². The van der Waals surface area contributed by atoms with Gasteiger partial charge in [-0.2, -0.15) is 0 Å². The summed E-state index contributed by atoms with van der Waals surface area (Å²) in [5, 5.41) is 5.06. The third kappa shape index (κ3) is 3.73. The van der Waals surface area contributed by atoms with Crippen LogP contribution in [-0.4, -0.2) is 29.9 Å². The summed E-state index contributed by atoms with van der Waals surface area (Å²) in [7, 11) is 0. The molecule has 2 N–H and O–H groups in total. The van der Waals surface area contributed by atoms with E-state index >= 15 is 0 Å². The molecule has 1 aliphatic rings. The van der Waals surface area contributed by atoms with E-state index in [1.807, 2.05) is 18.2 Å². The first-order valence-electron chi connectivity index (χ1n) is 7.43. The Kier molecular flexibility index (Phi) is 4.63. The minimum Gasteiger partial charge on any atom is -0.371 e. The van der Waals surface area contributed by atoms with Crippen LogP contribution >= 0.6 is 0 Å². The number of amides is 2. The predicted molar refractivity (Wildman–Crippen MR) is 84.7 cm³/mol. The Labute approximate surface area is 133 Å². The van der Waals surface area contributed by atoms with Gasteiger partial charge in [-0.3, -0.25) is 9.59 Å². The fraction of sp³-hybridized carbons (Fsp3) is 0.235. The van der Waals surface area contributed by atoms with Crippen LogP contribution in [0.2, 0.25) is 0 Å². The molecule has 1 aromatic heterocycles. The second-order valence-electron chi connectivity index (χ2n) is 5.19. The summed E-state index contributed by atoms with van der Waals surface area (Å²) in [5.41, 5.74) is 2.28. The second kappa shape index (κ2) is 7.02. The van der Waals surface area contributed by atoms with Crippen LogP contribution in [0.5, 0.6) is 0 Å². The molecular formula is C17H17N3O3. The summed E-state index contributed by atoms with van der Waals surface area (Å²) in [6.45, 7) is 0.864. The highest BCUT2D eigenvalue weighted by atomic mass is 16.5. The van der Waals surface area contributed by atoms with Gasteiger partial charge in [-0.05, 0) is 29.7 Å². The Morgan fingerprint density at radius 1 is 1.13 bits per heavy atom. The molecule has 0 fully saturated rings. The van der Waals surface area contributed by atoms with E-state index in [2.05, 4.69) is 21.7 Å². The number of hydrogen-bond acceptors (Lipinski definition) is 4. The number of nitrogens with zero attached hydrogens (tertiary/aromatic N) is 1. The van der Waals surface area contributed by atoms with Crippen LogP contribution in [-0.2, 0) is 20.7 Å². The van der Waals surface area contributed by atoms with Crippen molar-refractivity contribution in [3.05, 3.63) is 59.8 Å². The van der Waals surface area contributed by atoms with Crippen LogP contribution in [0.3, 0.4) is 0 Å². The number of carbonyl (C=O) groups is 2. The highest BCUT2D eigenvalue weighted by Gasteiger charge is 2.22. The number of aromatic nitrogens is 1. The molecule has 2 heterocycles. The molecule has 3 rings (SSSR count). The number of nitrogens with one attached hydrogen (secondary N) is 2. The van der Waals surface area contributed by atoms with Crippen molar-refractivity contribution in [1.82, 2.24) is 10.3 Å². The van der Waals surface area contributed by atoms with Crippen molar-refractivity contribution in [2.45, 2.75) is 12.5 Å². The van der Waals surface area contributed by atoms with Gasteiger partial charge in [-0.25, -0.2) is 4.98 Å². The van der Waals surface area contributed by atoms with Gasteiger partial charge in [-0.1, -0.05) is 30.3 Å². The molecule has 23 heavy (non-hydrogen) atoms. The van der Waals surface area contributed by atoms with E-state index in [4.69, 9.17) is 4.74 Å². The summed E-state index contributed by atoms with van der Waals surface area (Å²) in [5.74, 6) is -1.11. The van der Waals surface area contributed by atoms with E-state index in [9.17, 15) is 9.59 Å². The zero-order valence-electron chi connectivity index (χ0n) is 12.5. The maximum absolute atomic E-state index is 11.9. The first-order chi connectivity index (χ1) is 11.2. The lowest BCUT2D eigenvalue weighted by Gasteiger charge is -2.26. The smallest absolute Gasteiger partial charge is 0.314 e. The van der Waals surface area contributed by atoms with Gasteiger partial charge < -0.3 is 15.4 Å². The Balaban J connectivity index is 1.56. The largest absolute Gasteiger partial charge is 0.371 e. The molecule has 1 atom stereocenters. The molecule has 118 valence electrons. The number of fused-ring (bicyclic) bond motifs is 1. The number of rotatable bonds is 3. The average Bonchev–Trinajstić information content (AvgIpc) is 2.60. The van der Waals surface area contributed by atoms with Gasteiger partial charge in [-0.15, -0.1) is 0 Å². The first kappa shape index (κ1) is 15.2. The van der Waals surface area contributed by atoms with E-state index < -0.39 is 11.8 Å². The first-order valence-corrected chi connectivity index (χ1v) is 7.43. The summed E-state index contributed by atoms with van der Waals surface area (Å²) < 4.78 is 5.69. The molecule has 0 saturated carbocycles. The third-order valence-electron chi connectivity index (χ3n) is 3.65. The minimum absolute atomic E-state index is 0.230. The molecule has 0 unspecified atom stereocenters. The second-order valence-corrected chi connectivity index (χ2v) is 5.19. The molecule has 2 aromatic rings. The molecule has 0 saturated heterocycles. The normalized spacial score (nSPS) is 16.3. The van der Waals surface area contributed by atoms with Crippen LogP contribution in [0, 0.1) is 0 Å². The fourth-order valence-corrected chi connectivity index (χ4v) is 2.52. The molecule has 0 bridgehead atoms. The van der Waals surface area contributed by atoms with Gasteiger partial charge in [0.2, 0.25) is 0 Å². The van der Waals surface area contributed by atoms with Gasteiger partial charge in [0.15, 0.2) is 0 Å². The summed E-state index contributed by atoms with van der Waals surface area (Å²) in [6.07, 6.45) is 2.17. The molecule has 1 aliphatic heterocycles. The average molecular weight is 311 g/mol. The molecule has 0 spiro atoms. The van der Waals surface area contributed by atoms with Crippen LogP contribution in [0.1, 0.15) is 17.2 Å². The molecule has 6 nitrogen and oxygen atoms in total. The number of anilines is 1. The fourth-order valence-electron chi connectivity index (χ4n) is 2.52. The lowest BCUT2D eigenvalue weighted by atomic mass is 9.97. The molecule has 0 radical (unpaired) electrons. The number of ether oxygens (including phenoxy) is 1. The number of pyridine rings is 1. The maximum atomic E-state index is 11.9. The van der Waals surface area contributed by atoms with Crippen LogP contribution < -0.4 is 10.6 Å². The highest BCUT2D eigenvalue weighted by molar-refractivity contribution is 6.39. The zero-order valence-corrected chi connectivity index (χ0v) is 12.5. The summed E-state index contributed by atoms with van der Waals surface area (Å²) in [6, 6.07) is 13.0. The van der Waals surface area contributed by atoms with Crippen molar-refractivity contribution >= 4 is 17.6 Å². The Morgan fingerprint density at radius 3 is 2.78 bits per heavy atom. The predicted octanol–water partition coefficient (Wildman–Crippen LogP) is 1.45. The quantitative estimate of drug-likeness (QED) is 0.841. The molecule has 2 amide bonds. The summed E-state index contributed by atoms with van der Waals surface area (Å²) >= 11 is 0. The van der Waals surface area contributed by atoms with Crippen molar-refractivity contribution < 1.29 is 14.3 Å². The summed E-state index contributed by atoms with van der Waals surface area (Å²) in [4.78, 5) is 27.7. The minimum atomic E-state index is -0.743. The van der Waals surface area contributed by atoms with E-state index in [0.29, 0.717) is 12.4 Å². The third-order valence-corrected chi connectivity index (χ3v) is 3.65. The maximum Gasteiger partial charge on any atom is 0.314 e. The SMILES string of the molecule is O=C(NC[C@H]1OCCc2ccccc21)C(=O)Nc1ccccn1. The van der Waals surface area contributed by atoms with E-state index in [1.165, 1.54) is 5.56 Å². The van der Waals surface area contributed by atoms with E-state index in [0.717, 1.165) is 12.0 Å². The molecule has 6 heteroatoms. The van der Waals surface area contributed by atoms with Gasteiger partial charge in [0, 0.05) is 12.7 Å². The van der Waals surface area contributed by atoms with Crippen LogP contribution in [0.15, 0.2) is 48.7 Å². The Hall–Kier alpha value is -2.73. The van der Waals surface area contributed by atoms with E-state index in [-0.39, 0.29) is 12.6 Å². The van der Waals surface area contributed by atoms with Gasteiger partial charge in [0.1, 0.15) is 11.9 Å². The number of hydrogen-bond donors (Lipinski definition) is 2. The molecular weight excluding hydrogens is 294 g/mol. The molecule has 1 aromatic carbocycles.